The SMILES string of the molecule is CCCCCCCCCCCCC/C=C/[C@@H](O)[C@H](CO[C@@H]1OC(CO)[C@@H](O[C@@H]2OC(CO)[C@H](O[C@@H]3OC(CO)[C@H](O)[C@H](O[C@@H]4OC(CO)[C@H](O)[C@H](O[C@@H]5OC(CO)[C@H](O)[C@H](O[C@H]6OC(CO)[C@H](O)[C@H](O)C6O)C5O[C@H]5OC(C)[C@@H](O)C(O)[C@@H]5O)C4NC(C)=O)C3O)[C@H](O)C2O)[C@H](O)C1O)NC(=O)CCCCCCCCCCCCCCCCCCCCCCC. The number of hydrogen-bond acceptors (Lipinski definition) is 37. The molecule has 0 aromatic heterocycles. The van der Waals surface area contributed by atoms with Gasteiger partial charge in [0.15, 0.2) is 44.0 Å². The van der Waals surface area contributed by atoms with Gasteiger partial charge in [-0.15, -0.1) is 0 Å². The Kier molecular flexibility index (Phi) is 51.1. The number of carbonyl (C=O) groups excluding carboxylic acids is 2. The highest BCUT2D eigenvalue weighted by atomic mass is 16.8. The van der Waals surface area contributed by atoms with Crippen LogP contribution in [0.25, 0.3) is 0 Å². The topological polar surface area (TPSA) is 612 Å². The monoisotopic (exact) mass is 1810 g/mol. The molecule has 7 rings (SSSR count). The molecular weight excluding hydrogens is 1650 g/mol. The molecule has 0 bridgehead atoms. The second-order valence-corrected chi connectivity index (χ2v) is 34.8. The summed E-state index contributed by atoms with van der Waals surface area (Å²) in [5.74, 6) is -1.28. The summed E-state index contributed by atoms with van der Waals surface area (Å²) in [4.78, 5) is 26.9. The lowest BCUT2D eigenvalue weighted by molar-refractivity contribution is -0.404. The van der Waals surface area contributed by atoms with E-state index >= 15 is 0 Å². The molecule has 37 atom stereocenters. The highest BCUT2D eigenvalue weighted by Crippen LogP contribution is 2.40. The summed E-state index contributed by atoms with van der Waals surface area (Å²) in [6.07, 6.45) is -26.2. The highest BCUT2D eigenvalue weighted by Gasteiger charge is 2.60. The van der Waals surface area contributed by atoms with E-state index in [4.69, 9.17) is 66.3 Å². The Bertz CT molecular complexity index is 2890. The number of amides is 2. The molecule has 7 aliphatic rings. The molecule has 7 fully saturated rings. The van der Waals surface area contributed by atoms with Crippen LogP contribution in [-0.4, -0.2) is 392 Å². The minimum absolute atomic E-state index is 0.171. The molecule has 732 valence electrons. The predicted molar refractivity (Wildman–Crippen MR) is 441 cm³/mol. The Balaban J connectivity index is 0.975. The molecule has 7 aliphatic heterocycles. The summed E-state index contributed by atoms with van der Waals surface area (Å²) in [6.45, 7) is -0.0386. The van der Waals surface area contributed by atoms with E-state index in [-0.39, 0.29) is 12.3 Å². The molecule has 39 nitrogen and oxygen atoms in total. The maximum absolute atomic E-state index is 13.6. The number of carbonyl (C=O) groups is 2. The van der Waals surface area contributed by atoms with Crippen LogP contribution in [-0.2, 0) is 75.9 Å². The average Bonchev–Trinajstić information content (AvgIpc) is 0.760. The molecule has 14 unspecified atom stereocenters. The van der Waals surface area contributed by atoms with E-state index in [0.29, 0.717) is 12.8 Å². The highest BCUT2D eigenvalue weighted by molar-refractivity contribution is 5.76. The third-order valence-corrected chi connectivity index (χ3v) is 24.9. The van der Waals surface area contributed by atoms with Crippen molar-refractivity contribution in [3.63, 3.8) is 0 Å². The molecular formula is C86H156N2O37. The summed E-state index contributed by atoms with van der Waals surface area (Å²) in [5, 5.41) is 240. The zero-order valence-corrected chi connectivity index (χ0v) is 73.4. The van der Waals surface area contributed by atoms with Crippen molar-refractivity contribution in [3.8, 4) is 0 Å². The molecule has 0 saturated carbocycles. The van der Waals surface area contributed by atoms with Crippen LogP contribution in [0.3, 0.4) is 0 Å². The number of aliphatic hydroxyl groups excluding tert-OH is 21. The minimum Gasteiger partial charge on any atom is -0.394 e. The Labute approximate surface area is 734 Å². The van der Waals surface area contributed by atoms with E-state index in [1.54, 1.807) is 6.08 Å². The van der Waals surface area contributed by atoms with Crippen molar-refractivity contribution >= 4 is 11.8 Å². The van der Waals surface area contributed by atoms with Crippen LogP contribution in [0.2, 0.25) is 0 Å². The van der Waals surface area contributed by atoms with Crippen molar-refractivity contribution in [1.29, 1.82) is 0 Å². The van der Waals surface area contributed by atoms with Crippen molar-refractivity contribution in [3.05, 3.63) is 12.2 Å². The third kappa shape index (κ3) is 33.1. The van der Waals surface area contributed by atoms with E-state index in [9.17, 15) is 117 Å². The molecule has 7 saturated heterocycles. The predicted octanol–water partition coefficient (Wildman–Crippen LogP) is -1.38. The van der Waals surface area contributed by atoms with Gasteiger partial charge in [0, 0.05) is 13.3 Å². The number of hydrogen-bond donors (Lipinski definition) is 23. The number of allylic oxidation sites excluding steroid dienone is 1. The summed E-state index contributed by atoms with van der Waals surface area (Å²) in [5.41, 5.74) is 0. The van der Waals surface area contributed by atoms with Gasteiger partial charge in [0.1, 0.15) is 165 Å². The number of nitrogens with one attached hydrogen (secondary N) is 2. The Morgan fingerprint density at radius 1 is 0.328 bits per heavy atom. The second kappa shape index (κ2) is 58.4. The van der Waals surface area contributed by atoms with Gasteiger partial charge >= 0.3 is 0 Å². The smallest absolute Gasteiger partial charge is 0.220 e. The lowest BCUT2D eigenvalue weighted by Gasteiger charge is -2.51. The van der Waals surface area contributed by atoms with Gasteiger partial charge in [-0.1, -0.05) is 219 Å². The first-order valence-corrected chi connectivity index (χ1v) is 46.4. The number of ether oxygens (including phenoxy) is 14. The second-order valence-electron chi connectivity index (χ2n) is 34.8. The van der Waals surface area contributed by atoms with Crippen LogP contribution in [0.5, 0.6) is 0 Å². The molecule has 23 N–H and O–H groups in total. The van der Waals surface area contributed by atoms with Crippen molar-refractivity contribution in [2.45, 2.75) is 473 Å². The lowest BCUT2D eigenvalue weighted by Crippen LogP contribution is -2.71. The Hall–Kier alpha value is -2.72. The molecule has 0 spiro atoms. The van der Waals surface area contributed by atoms with Crippen molar-refractivity contribution in [2.75, 3.05) is 46.2 Å². The molecule has 0 radical (unpaired) electrons. The normalized spacial score (nSPS) is 38.4. The van der Waals surface area contributed by atoms with Crippen LogP contribution < -0.4 is 10.6 Å². The molecule has 2 amide bonds. The van der Waals surface area contributed by atoms with E-state index in [2.05, 4.69) is 24.5 Å². The van der Waals surface area contributed by atoms with Gasteiger partial charge in [0.2, 0.25) is 11.8 Å². The number of unbranched alkanes of at least 4 members (excludes halogenated alkanes) is 31. The maximum Gasteiger partial charge on any atom is 0.220 e. The number of rotatable bonds is 59. The summed E-state index contributed by atoms with van der Waals surface area (Å²) in [7, 11) is 0. The Morgan fingerprint density at radius 2 is 0.656 bits per heavy atom. The van der Waals surface area contributed by atoms with Crippen LogP contribution in [0, 0.1) is 0 Å². The maximum atomic E-state index is 13.6. The van der Waals surface area contributed by atoms with Gasteiger partial charge < -0.3 is 184 Å². The average molecular weight is 1810 g/mol. The largest absolute Gasteiger partial charge is 0.394 e. The fourth-order valence-electron chi connectivity index (χ4n) is 17.2. The molecule has 125 heavy (non-hydrogen) atoms. The molecule has 0 aliphatic carbocycles. The van der Waals surface area contributed by atoms with Crippen LogP contribution in [0.15, 0.2) is 12.2 Å². The molecule has 0 aromatic carbocycles. The molecule has 7 heterocycles. The van der Waals surface area contributed by atoms with Crippen molar-refractivity contribution in [2.24, 2.45) is 0 Å². The number of aliphatic hydroxyl groups is 21. The van der Waals surface area contributed by atoms with Gasteiger partial charge in [-0.25, -0.2) is 0 Å². The van der Waals surface area contributed by atoms with Gasteiger partial charge in [0.25, 0.3) is 0 Å². The van der Waals surface area contributed by atoms with Crippen molar-refractivity contribution in [1.82, 2.24) is 10.6 Å². The standard InChI is InChI=1S/C86H156N2O37/c1-5-7-9-11-13-15-17-19-20-21-22-23-24-25-26-28-30-32-34-36-38-40-58(97)88-50(51(96)39-37-35-33-31-29-27-18-16-14-12-10-8-6-2)47-112-81-71(109)67(105)74(56(45-93)118-81)120-84-72(110)68(106)75(57(46-94)119-84)121-85-73(111)77(63(101)54(43-91)116-85)123-80-59(87-49(4)95)76(62(100)53(42-90)114-80)122-86-79(125-82-69(107)65(103)60(98)48(3)113-82)78(64(102)55(44-92)117-86)124-83-70(108)66(104)61(99)52(41-89)115-83/h37,39,48,50-57,59-86,89-94,96,98-111H,5-36,38,40-47H2,1-4H3,(H,87,95)(H,88,97)/b39-37+/t48?,50-,51+,52?,53?,54?,55?,56?,57?,59?,60+,61-,62-,63-,64-,65?,66-,67+,68+,69-,70?,71?,72?,73?,74+,75-,76+,77-,78-,79?,80-,81+,82+,83+,84-,85-,86-/m0/s1. The zero-order valence-electron chi connectivity index (χ0n) is 73.4. The van der Waals surface area contributed by atoms with Gasteiger partial charge in [-0.3, -0.25) is 9.59 Å². The quantitative estimate of drug-likeness (QED) is 0.0247. The fraction of sp³-hybridized carbons (Fsp3) is 0.953. The van der Waals surface area contributed by atoms with Crippen LogP contribution in [0.4, 0.5) is 0 Å². The zero-order chi connectivity index (χ0) is 91.2. The van der Waals surface area contributed by atoms with E-state index in [0.717, 1.165) is 58.3 Å². The first-order chi connectivity index (χ1) is 60.1. The van der Waals surface area contributed by atoms with Gasteiger partial charge in [-0.2, -0.15) is 0 Å². The molecule has 39 heteroatoms. The Morgan fingerprint density at radius 3 is 1.11 bits per heavy atom. The summed E-state index contributed by atoms with van der Waals surface area (Å²) >= 11 is 0. The van der Waals surface area contributed by atoms with E-state index < -0.39 is 279 Å². The van der Waals surface area contributed by atoms with E-state index in [1.807, 2.05) is 6.08 Å². The first-order valence-electron chi connectivity index (χ1n) is 46.4. The van der Waals surface area contributed by atoms with Crippen LogP contribution >= 0.6 is 0 Å². The van der Waals surface area contributed by atoms with Gasteiger partial charge in [-0.05, 0) is 26.2 Å². The fourth-order valence-corrected chi connectivity index (χ4v) is 17.2. The molecule has 0 aromatic rings. The third-order valence-electron chi connectivity index (χ3n) is 24.9. The minimum atomic E-state index is -2.33. The van der Waals surface area contributed by atoms with Gasteiger partial charge in [0.05, 0.1) is 64.5 Å². The summed E-state index contributed by atoms with van der Waals surface area (Å²) in [6, 6.07) is -3.02. The summed E-state index contributed by atoms with van der Waals surface area (Å²) < 4.78 is 83.5. The van der Waals surface area contributed by atoms with E-state index in [1.165, 1.54) is 155 Å². The first kappa shape index (κ1) is 109. The lowest BCUT2D eigenvalue weighted by atomic mass is 9.94. The van der Waals surface area contributed by atoms with Crippen LogP contribution in [0.1, 0.15) is 246 Å². The van der Waals surface area contributed by atoms with Crippen molar-refractivity contribution < 1.29 is 183 Å².